The first kappa shape index (κ1) is 18.9. The third kappa shape index (κ3) is 3.66. The van der Waals surface area contributed by atoms with E-state index in [1.807, 2.05) is 49.4 Å². The Bertz CT molecular complexity index is 1330. The standard InChI is InChI=1S/C21H20N4O3S/c1-12-3-5-13(6-4-12)10-22-17(26)11-25-20(27)19-18(24-21(25)29)15-9-14(28-2)7-8-16(15)23-19/h3-9,23H,10-11H2,1-2H3,(H,22,26)(H,24,29). The second-order valence-electron chi connectivity index (χ2n) is 6.87. The number of nitrogens with one attached hydrogen (secondary N) is 3. The van der Waals surface area contributed by atoms with Gasteiger partial charge < -0.3 is 20.0 Å². The van der Waals surface area contributed by atoms with Crippen LogP contribution in [-0.4, -0.2) is 27.6 Å². The topological polar surface area (TPSA) is 91.9 Å². The minimum absolute atomic E-state index is 0.158. The van der Waals surface area contributed by atoms with Gasteiger partial charge in [0.1, 0.15) is 17.8 Å². The van der Waals surface area contributed by atoms with Crippen LogP contribution >= 0.6 is 12.2 Å². The van der Waals surface area contributed by atoms with Crippen LogP contribution in [0, 0.1) is 11.7 Å². The van der Waals surface area contributed by atoms with Crippen LogP contribution in [0.1, 0.15) is 11.1 Å². The number of ether oxygens (including phenoxy) is 1. The minimum Gasteiger partial charge on any atom is -0.497 e. The number of hydrogen-bond acceptors (Lipinski definition) is 4. The van der Waals surface area contributed by atoms with Crippen molar-refractivity contribution >= 4 is 40.1 Å². The van der Waals surface area contributed by atoms with E-state index in [-0.39, 0.29) is 22.8 Å². The zero-order chi connectivity index (χ0) is 20.5. The average Bonchev–Trinajstić information content (AvgIpc) is 3.08. The lowest BCUT2D eigenvalue weighted by molar-refractivity contribution is -0.121. The van der Waals surface area contributed by atoms with E-state index in [9.17, 15) is 9.59 Å². The fourth-order valence-electron chi connectivity index (χ4n) is 3.24. The van der Waals surface area contributed by atoms with E-state index in [1.54, 1.807) is 7.11 Å². The van der Waals surface area contributed by atoms with Crippen molar-refractivity contribution in [3.05, 3.63) is 68.7 Å². The molecule has 2 heterocycles. The maximum atomic E-state index is 13.0. The first-order valence-electron chi connectivity index (χ1n) is 9.11. The normalized spacial score (nSPS) is 11.1. The fraction of sp³-hybridized carbons (Fsp3) is 0.190. The molecular formula is C21H20N4O3S. The molecule has 4 aromatic rings. The quantitative estimate of drug-likeness (QED) is 0.442. The second kappa shape index (κ2) is 7.56. The van der Waals surface area contributed by atoms with Gasteiger partial charge in [0.05, 0.1) is 12.6 Å². The lowest BCUT2D eigenvalue weighted by Gasteiger charge is -2.08. The maximum absolute atomic E-state index is 13.0. The molecule has 2 aromatic heterocycles. The average molecular weight is 408 g/mol. The largest absolute Gasteiger partial charge is 0.497 e. The number of carbonyl (C=O) groups is 1. The molecule has 0 unspecified atom stereocenters. The summed E-state index contributed by atoms with van der Waals surface area (Å²) >= 11 is 5.35. The minimum atomic E-state index is -0.343. The number of aromatic nitrogens is 3. The number of nitrogens with zero attached hydrogens (tertiary/aromatic N) is 1. The third-order valence-electron chi connectivity index (χ3n) is 4.85. The van der Waals surface area contributed by atoms with Crippen molar-refractivity contribution in [3.8, 4) is 5.75 Å². The molecule has 1 amide bonds. The van der Waals surface area contributed by atoms with Crippen molar-refractivity contribution in [1.29, 1.82) is 0 Å². The Kier molecular flexibility index (Phi) is 4.94. The van der Waals surface area contributed by atoms with Crippen LogP contribution in [0.5, 0.6) is 5.75 Å². The second-order valence-corrected chi connectivity index (χ2v) is 7.26. The molecule has 148 valence electrons. The molecule has 7 nitrogen and oxygen atoms in total. The molecule has 0 atom stereocenters. The summed E-state index contributed by atoms with van der Waals surface area (Å²) in [5.41, 5.74) is 3.55. The van der Waals surface area contributed by atoms with Gasteiger partial charge in [-0.3, -0.25) is 14.2 Å². The van der Waals surface area contributed by atoms with Gasteiger partial charge in [-0.15, -0.1) is 0 Å². The number of fused-ring (bicyclic) bond motifs is 3. The molecule has 2 aromatic carbocycles. The first-order valence-corrected chi connectivity index (χ1v) is 9.52. The lowest BCUT2D eigenvalue weighted by Crippen LogP contribution is -2.33. The number of aryl methyl sites for hydroxylation is 1. The van der Waals surface area contributed by atoms with Crippen LogP contribution in [-0.2, 0) is 17.9 Å². The Labute approximate surface area is 171 Å². The molecule has 0 aliphatic heterocycles. The summed E-state index contributed by atoms with van der Waals surface area (Å²) in [6.45, 7) is 2.24. The summed E-state index contributed by atoms with van der Waals surface area (Å²) in [5, 5.41) is 3.63. The number of carbonyl (C=O) groups excluding carboxylic acids is 1. The molecule has 29 heavy (non-hydrogen) atoms. The monoisotopic (exact) mass is 408 g/mol. The number of aromatic amines is 2. The van der Waals surface area contributed by atoms with Gasteiger partial charge in [-0.05, 0) is 42.9 Å². The number of methoxy groups -OCH3 is 1. The summed E-state index contributed by atoms with van der Waals surface area (Å²) in [7, 11) is 1.58. The Morgan fingerprint density at radius 2 is 1.90 bits per heavy atom. The predicted octanol–water partition coefficient (Wildman–Crippen LogP) is 3.17. The highest BCUT2D eigenvalue weighted by molar-refractivity contribution is 7.71. The number of hydrogen-bond donors (Lipinski definition) is 3. The highest BCUT2D eigenvalue weighted by Crippen LogP contribution is 2.25. The molecule has 0 spiro atoms. The molecule has 8 heteroatoms. The van der Waals surface area contributed by atoms with E-state index < -0.39 is 0 Å². The molecule has 0 saturated carbocycles. The number of H-pyrrole nitrogens is 2. The van der Waals surface area contributed by atoms with Crippen molar-refractivity contribution in [3.63, 3.8) is 0 Å². The van der Waals surface area contributed by atoms with E-state index in [2.05, 4.69) is 15.3 Å². The van der Waals surface area contributed by atoms with Crippen LogP contribution in [0.3, 0.4) is 0 Å². The number of benzene rings is 2. The molecule has 0 saturated heterocycles. The maximum Gasteiger partial charge on any atom is 0.279 e. The Morgan fingerprint density at radius 3 is 2.62 bits per heavy atom. The Balaban J connectivity index is 1.62. The zero-order valence-electron chi connectivity index (χ0n) is 16.0. The summed E-state index contributed by atoms with van der Waals surface area (Å²) < 4.78 is 6.71. The summed E-state index contributed by atoms with van der Waals surface area (Å²) in [6, 6.07) is 13.4. The van der Waals surface area contributed by atoms with Gasteiger partial charge in [0.15, 0.2) is 4.77 Å². The van der Waals surface area contributed by atoms with E-state index in [4.69, 9.17) is 17.0 Å². The SMILES string of the molecule is COc1ccc2[nH]c3c(=O)n(CC(=O)NCc4ccc(C)cc4)c(=S)[nH]c3c2c1. The van der Waals surface area contributed by atoms with Crippen molar-refractivity contribution in [2.24, 2.45) is 0 Å². The number of amides is 1. The smallest absolute Gasteiger partial charge is 0.279 e. The molecule has 4 rings (SSSR count). The molecule has 0 fully saturated rings. The van der Waals surface area contributed by atoms with E-state index >= 15 is 0 Å². The highest BCUT2D eigenvalue weighted by Gasteiger charge is 2.14. The van der Waals surface area contributed by atoms with Gasteiger partial charge in [0.2, 0.25) is 5.91 Å². The van der Waals surface area contributed by atoms with Crippen LogP contribution in [0.25, 0.3) is 21.9 Å². The van der Waals surface area contributed by atoms with Crippen molar-refractivity contribution in [1.82, 2.24) is 19.9 Å². The third-order valence-corrected chi connectivity index (χ3v) is 5.18. The number of rotatable bonds is 5. The van der Waals surface area contributed by atoms with Crippen molar-refractivity contribution in [2.45, 2.75) is 20.0 Å². The van der Waals surface area contributed by atoms with Crippen LogP contribution < -0.4 is 15.6 Å². The van der Waals surface area contributed by atoms with Gasteiger partial charge in [-0.25, -0.2) is 0 Å². The Morgan fingerprint density at radius 1 is 1.14 bits per heavy atom. The van der Waals surface area contributed by atoms with Crippen molar-refractivity contribution in [2.75, 3.05) is 7.11 Å². The van der Waals surface area contributed by atoms with Gasteiger partial charge >= 0.3 is 0 Å². The summed E-state index contributed by atoms with van der Waals surface area (Å²) in [6.07, 6.45) is 0. The Hall–Kier alpha value is -3.39. The molecule has 0 bridgehead atoms. The zero-order valence-corrected chi connectivity index (χ0v) is 16.9. The van der Waals surface area contributed by atoms with Gasteiger partial charge in [0, 0.05) is 17.4 Å². The summed E-state index contributed by atoms with van der Waals surface area (Å²) in [5.74, 6) is 0.390. The van der Waals surface area contributed by atoms with Gasteiger partial charge in [0.25, 0.3) is 5.56 Å². The predicted molar refractivity (Wildman–Crippen MR) is 115 cm³/mol. The molecule has 0 radical (unpaired) electrons. The molecule has 3 N–H and O–H groups in total. The molecule has 0 aliphatic carbocycles. The van der Waals surface area contributed by atoms with Gasteiger partial charge in [-0.1, -0.05) is 29.8 Å². The fourth-order valence-corrected chi connectivity index (χ4v) is 3.49. The van der Waals surface area contributed by atoms with E-state index in [1.165, 1.54) is 4.57 Å². The van der Waals surface area contributed by atoms with Crippen LogP contribution in [0.2, 0.25) is 0 Å². The summed E-state index contributed by atoms with van der Waals surface area (Å²) in [4.78, 5) is 31.5. The highest BCUT2D eigenvalue weighted by atomic mass is 32.1. The van der Waals surface area contributed by atoms with Crippen LogP contribution in [0.15, 0.2) is 47.3 Å². The van der Waals surface area contributed by atoms with Gasteiger partial charge in [-0.2, -0.15) is 0 Å². The first-order chi connectivity index (χ1) is 14.0. The van der Waals surface area contributed by atoms with E-state index in [0.29, 0.717) is 23.3 Å². The lowest BCUT2D eigenvalue weighted by atomic mass is 10.1. The molecule has 0 aliphatic rings. The van der Waals surface area contributed by atoms with Crippen LogP contribution in [0.4, 0.5) is 0 Å². The van der Waals surface area contributed by atoms with E-state index in [0.717, 1.165) is 22.0 Å². The van der Waals surface area contributed by atoms with Crippen molar-refractivity contribution < 1.29 is 9.53 Å². The molecular weight excluding hydrogens is 388 g/mol.